The molecule has 3 nitrogen and oxygen atoms in total. The van der Waals surface area contributed by atoms with Crippen molar-refractivity contribution in [1.29, 1.82) is 0 Å². The van der Waals surface area contributed by atoms with Crippen LogP contribution < -0.4 is 0 Å². The molecule has 1 N–H and O–H groups in total. The second-order valence-electron chi connectivity index (χ2n) is 3.15. The first-order valence-electron chi connectivity index (χ1n) is 4.55. The molecule has 80 valence electrons. The highest BCUT2D eigenvalue weighted by Crippen LogP contribution is 2.07. The summed E-state index contributed by atoms with van der Waals surface area (Å²) in [6.45, 7) is 0. The van der Waals surface area contributed by atoms with Gasteiger partial charge < -0.3 is 5.11 Å². The Hall–Kier alpha value is -1.35. The lowest BCUT2D eigenvalue weighted by molar-refractivity contribution is -0.139. The number of carboxylic acid groups (broad SMARTS) is 1. The number of benzene rings is 1. The van der Waals surface area contributed by atoms with Crippen LogP contribution in [0.2, 0.25) is 0 Å². The Balaban J connectivity index is 2.44. The van der Waals surface area contributed by atoms with Crippen LogP contribution >= 0.6 is 11.6 Å². The predicted molar refractivity (Wildman–Crippen MR) is 57.0 cm³/mol. The van der Waals surface area contributed by atoms with E-state index in [9.17, 15) is 9.59 Å². The number of Topliss-reactive ketones (excluding diaryl/α,β-unsaturated/α-hetero) is 1. The van der Waals surface area contributed by atoms with Gasteiger partial charge in [0.15, 0.2) is 11.2 Å². The molecule has 0 aliphatic rings. The molecule has 0 saturated heterocycles. The highest BCUT2D eigenvalue weighted by molar-refractivity contribution is 6.40. The zero-order valence-corrected chi connectivity index (χ0v) is 8.78. The Bertz CT molecular complexity index is 348. The van der Waals surface area contributed by atoms with Gasteiger partial charge in [-0.15, -0.1) is 11.6 Å². The van der Waals surface area contributed by atoms with E-state index < -0.39 is 17.1 Å². The van der Waals surface area contributed by atoms with Crippen molar-refractivity contribution < 1.29 is 14.7 Å². The van der Waals surface area contributed by atoms with Gasteiger partial charge in [-0.25, -0.2) is 0 Å². The van der Waals surface area contributed by atoms with Gasteiger partial charge in [0.25, 0.3) is 0 Å². The molecule has 4 heteroatoms. The van der Waals surface area contributed by atoms with Crippen molar-refractivity contribution in [3.63, 3.8) is 0 Å². The number of carboxylic acids is 1. The topological polar surface area (TPSA) is 54.4 Å². The number of alkyl halides is 1. The van der Waals surface area contributed by atoms with Crippen LogP contribution in [-0.4, -0.2) is 22.2 Å². The zero-order valence-electron chi connectivity index (χ0n) is 8.02. The van der Waals surface area contributed by atoms with Crippen molar-refractivity contribution >= 4 is 23.4 Å². The van der Waals surface area contributed by atoms with Crippen LogP contribution in [0.4, 0.5) is 0 Å². The summed E-state index contributed by atoms with van der Waals surface area (Å²) in [7, 11) is 0. The van der Waals surface area contributed by atoms with E-state index in [1.165, 1.54) is 0 Å². The van der Waals surface area contributed by atoms with Crippen molar-refractivity contribution in [2.75, 3.05) is 0 Å². The molecule has 1 aromatic carbocycles. The first kappa shape index (κ1) is 11.7. The molecule has 1 unspecified atom stereocenters. The van der Waals surface area contributed by atoms with Crippen LogP contribution in [0.3, 0.4) is 0 Å². The summed E-state index contributed by atoms with van der Waals surface area (Å²) in [5, 5.41) is 7.07. The fourth-order valence-corrected chi connectivity index (χ4v) is 1.29. The van der Waals surface area contributed by atoms with E-state index in [1.54, 1.807) is 0 Å². The summed E-state index contributed by atoms with van der Waals surface area (Å²) >= 11 is 5.38. The van der Waals surface area contributed by atoms with Gasteiger partial charge in [0.05, 0.1) is 0 Å². The van der Waals surface area contributed by atoms with Crippen molar-refractivity contribution in [3.8, 4) is 0 Å². The smallest absolute Gasteiger partial charge is 0.329 e. The molecule has 1 atom stereocenters. The fraction of sp³-hybridized carbons (Fsp3) is 0.273. The predicted octanol–water partition coefficient (Wildman–Crippen LogP) is 1.88. The van der Waals surface area contributed by atoms with Crippen LogP contribution in [0.1, 0.15) is 12.0 Å². The van der Waals surface area contributed by atoms with Crippen molar-refractivity contribution in [1.82, 2.24) is 0 Å². The second kappa shape index (κ2) is 5.51. The molecule has 0 heterocycles. The van der Waals surface area contributed by atoms with Crippen LogP contribution in [0.5, 0.6) is 0 Å². The van der Waals surface area contributed by atoms with Gasteiger partial charge in [-0.3, -0.25) is 9.59 Å². The van der Waals surface area contributed by atoms with Gasteiger partial charge in [0.2, 0.25) is 0 Å². The number of carbonyl (C=O) groups is 2. The molecular weight excluding hydrogens is 216 g/mol. The number of rotatable bonds is 5. The third-order valence-corrected chi connectivity index (χ3v) is 2.43. The summed E-state index contributed by atoms with van der Waals surface area (Å²) in [6.07, 6.45) is 0.681. The number of ketones is 1. The van der Waals surface area contributed by atoms with Gasteiger partial charge in [-0.05, 0) is 12.0 Å². The minimum Gasteiger partial charge on any atom is -0.480 e. The Morgan fingerprint density at radius 1 is 1.27 bits per heavy atom. The average Bonchev–Trinajstić information content (AvgIpc) is 2.26. The molecule has 1 aromatic rings. The van der Waals surface area contributed by atoms with Crippen molar-refractivity contribution in [2.24, 2.45) is 0 Å². The lowest BCUT2D eigenvalue weighted by Gasteiger charge is -2.03. The summed E-state index contributed by atoms with van der Waals surface area (Å²) in [6, 6.07) is 9.39. The Labute approximate surface area is 92.7 Å². The summed E-state index contributed by atoms with van der Waals surface area (Å²) in [4.78, 5) is 21.6. The van der Waals surface area contributed by atoms with Gasteiger partial charge in [0, 0.05) is 6.42 Å². The standard InChI is InChI=1S/C11H11ClO3/c12-10(11(14)15)9(13)7-6-8-4-2-1-3-5-8/h1-5,10H,6-7H2,(H,14,15). The van der Waals surface area contributed by atoms with Gasteiger partial charge in [0.1, 0.15) is 0 Å². The van der Waals surface area contributed by atoms with E-state index in [2.05, 4.69) is 0 Å². The SMILES string of the molecule is O=C(O)C(Cl)C(=O)CCc1ccccc1. The number of hydrogen-bond acceptors (Lipinski definition) is 2. The molecule has 0 bridgehead atoms. The number of hydrogen-bond donors (Lipinski definition) is 1. The summed E-state index contributed by atoms with van der Waals surface area (Å²) in [5.41, 5.74) is 1.00. The van der Waals surface area contributed by atoms with Crippen LogP contribution in [0.15, 0.2) is 30.3 Å². The minimum absolute atomic E-state index is 0.157. The van der Waals surface area contributed by atoms with E-state index in [1.807, 2.05) is 30.3 Å². The monoisotopic (exact) mass is 226 g/mol. The third kappa shape index (κ3) is 3.72. The summed E-state index contributed by atoms with van der Waals surface area (Å²) in [5.74, 6) is -1.73. The first-order valence-corrected chi connectivity index (χ1v) is 4.98. The number of aryl methyl sites for hydroxylation is 1. The molecular formula is C11H11ClO3. The van der Waals surface area contributed by atoms with Gasteiger partial charge >= 0.3 is 5.97 Å². The Morgan fingerprint density at radius 3 is 2.40 bits per heavy atom. The van der Waals surface area contributed by atoms with E-state index >= 15 is 0 Å². The Morgan fingerprint density at radius 2 is 1.87 bits per heavy atom. The van der Waals surface area contributed by atoms with E-state index in [0.29, 0.717) is 6.42 Å². The molecule has 15 heavy (non-hydrogen) atoms. The fourth-order valence-electron chi connectivity index (χ4n) is 1.18. The normalized spacial score (nSPS) is 12.1. The molecule has 0 aliphatic carbocycles. The molecule has 0 amide bonds. The average molecular weight is 227 g/mol. The van der Waals surface area contributed by atoms with Crippen LogP contribution in [-0.2, 0) is 16.0 Å². The maximum absolute atomic E-state index is 11.2. The largest absolute Gasteiger partial charge is 0.480 e. The maximum atomic E-state index is 11.2. The molecule has 0 radical (unpaired) electrons. The lowest BCUT2D eigenvalue weighted by atomic mass is 10.1. The number of aliphatic carboxylic acids is 1. The number of halogens is 1. The molecule has 0 spiro atoms. The van der Waals surface area contributed by atoms with Crippen molar-refractivity contribution in [3.05, 3.63) is 35.9 Å². The first-order chi connectivity index (χ1) is 7.11. The van der Waals surface area contributed by atoms with Crippen LogP contribution in [0.25, 0.3) is 0 Å². The highest BCUT2D eigenvalue weighted by Gasteiger charge is 2.22. The van der Waals surface area contributed by atoms with Gasteiger partial charge in [-0.1, -0.05) is 30.3 Å². The van der Waals surface area contributed by atoms with E-state index in [-0.39, 0.29) is 6.42 Å². The summed E-state index contributed by atoms with van der Waals surface area (Å²) < 4.78 is 0. The quantitative estimate of drug-likeness (QED) is 0.616. The zero-order chi connectivity index (χ0) is 11.3. The van der Waals surface area contributed by atoms with Gasteiger partial charge in [-0.2, -0.15) is 0 Å². The van der Waals surface area contributed by atoms with Crippen LogP contribution in [0, 0.1) is 0 Å². The van der Waals surface area contributed by atoms with E-state index in [0.717, 1.165) is 5.56 Å². The Kier molecular flexibility index (Phi) is 4.31. The highest BCUT2D eigenvalue weighted by atomic mass is 35.5. The molecule has 0 saturated carbocycles. The molecule has 0 fully saturated rings. The maximum Gasteiger partial charge on any atom is 0.329 e. The minimum atomic E-state index is -1.42. The molecule has 0 aromatic heterocycles. The second-order valence-corrected chi connectivity index (χ2v) is 3.59. The third-order valence-electron chi connectivity index (χ3n) is 2.00. The molecule has 1 rings (SSSR count). The molecule has 0 aliphatic heterocycles. The lowest BCUT2D eigenvalue weighted by Crippen LogP contribution is -2.24. The van der Waals surface area contributed by atoms with Crippen molar-refractivity contribution in [2.45, 2.75) is 18.2 Å². The number of carbonyl (C=O) groups excluding carboxylic acids is 1. The van der Waals surface area contributed by atoms with E-state index in [4.69, 9.17) is 16.7 Å².